The molecule has 4 unspecified atom stereocenters. The third-order valence-corrected chi connectivity index (χ3v) is 11.8. The maximum Gasteiger partial charge on any atom is 0.312 e. The zero-order valence-corrected chi connectivity index (χ0v) is 34.0. The van der Waals surface area contributed by atoms with Crippen LogP contribution in [0.3, 0.4) is 0 Å². The molecule has 0 aliphatic carbocycles. The molecule has 0 spiro atoms. The number of hydrogen-bond donors (Lipinski definition) is 1. The average molecular weight is 679 g/mol. The molecule has 1 N–H and O–H groups in total. The van der Waals surface area contributed by atoms with Gasteiger partial charge in [0.15, 0.2) is 0 Å². The monoisotopic (exact) mass is 679 g/mol. The van der Waals surface area contributed by atoms with Crippen LogP contribution in [0.15, 0.2) is 0 Å². The van der Waals surface area contributed by atoms with Gasteiger partial charge in [0, 0.05) is 0 Å². The minimum Gasteiger partial charge on any atom is -0.463 e. The first-order valence-electron chi connectivity index (χ1n) is 22.3. The topological polar surface area (TPSA) is 46.5 Å². The molecule has 0 bridgehead atoms. The van der Waals surface area contributed by atoms with E-state index < -0.39 is 5.41 Å². The molecule has 3 nitrogen and oxygen atoms in total. The highest BCUT2D eigenvalue weighted by atomic mass is 16.5. The summed E-state index contributed by atoms with van der Waals surface area (Å²) in [7, 11) is 0. The van der Waals surface area contributed by atoms with Gasteiger partial charge in [-0.3, -0.25) is 4.79 Å². The summed E-state index contributed by atoms with van der Waals surface area (Å²) in [6.07, 6.45) is 40.9. The van der Waals surface area contributed by atoms with Gasteiger partial charge in [0.1, 0.15) is 6.61 Å². The van der Waals surface area contributed by atoms with Gasteiger partial charge in [-0.1, -0.05) is 221 Å². The van der Waals surface area contributed by atoms with Crippen LogP contribution in [0.5, 0.6) is 0 Å². The molecule has 0 rings (SSSR count). The molecular formula is C45H90O3. The highest BCUT2D eigenvalue weighted by Gasteiger charge is 2.47. The van der Waals surface area contributed by atoms with Gasteiger partial charge in [0.2, 0.25) is 0 Å². The predicted molar refractivity (Wildman–Crippen MR) is 213 cm³/mol. The first-order valence-corrected chi connectivity index (χ1v) is 22.3. The van der Waals surface area contributed by atoms with Crippen molar-refractivity contribution in [2.75, 3.05) is 13.2 Å². The van der Waals surface area contributed by atoms with Crippen molar-refractivity contribution >= 4 is 5.97 Å². The van der Waals surface area contributed by atoms with Crippen LogP contribution in [0.4, 0.5) is 0 Å². The van der Waals surface area contributed by atoms with E-state index in [-0.39, 0.29) is 19.2 Å². The Bertz CT molecular complexity index is 663. The second kappa shape index (κ2) is 34.9. The van der Waals surface area contributed by atoms with Crippen molar-refractivity contribution in [2.45, 2.75) is 247 Å². The fourth-order valence-corrected chi connectivity index (χ4v) is 8.38. The molecule has 288 valence electrons. The van der Waals surface area contributed by atoms with Gasteiger partial charge >= 0.3 is 5.97 Å². The molecule has 0 aromatic rings. The lowest BCUT2D eigenvalue weighted by atomic mass is 9.61. The van der Waals surface area contributed by atoms with Crippen molar-refractivity contribution in [3.05, 3.63) is 0 Å². The number of hydrogen-bond acceptors (Lipinski definition) is 3. The Labute approximate surface area is 303 Å². The highest BCUT2D eigenvalue weighted by molar-refractivity contribution is 5.77. The molecular weight excluding hydrogens is 588 g/mol. The van der Waals surface area contributed by atoms with Crippen LogP contribution in [0.25, 0.3) is 0 Å². The number of aliphatic hydroxyl groups is 1. The van der Waals surface area contributed by atoms with Crippen molar-refractivity contribution < 1.29 is 14.6 Å². The van der Waals surface area contributed by atoms with E-state index in [1.807, 2.05) is 0 Å². The summed E-state index contributed by atoms with van der Waals surface area (Å²) in [6, 6.07) is 0. The van der Waals surface area contributed by atoms with Crippen LogP contribution >= 0.6 is 0 Å². The van der Waals surface area contributed by atoms with Gasteiger partial charge in [0.05, 0.1) is 12.0 Å². The third-order valence-electron chi connectivity index (χ3n) is 11.8. The number of carbonyl (C=O) groups excluding carboxylic acids is 1. The van der Waals surface area contributed by atoms with E-state index >= 15 is 0 Å². The van der Waals surface area contributed by atoms with Crippen molar-refractivity contribution in [3.8, 4) is 0 Å². The molecule has 0 aromatic carbocycles. The van der Waals surface area contributed by atoms with Gasteiger partial charge in [-0.2, -0.15) is 0 Å². The summed E-state index contributed by atoms with van der Waals surface area (Å²) < 4.78 is 6.03. The molecule has 48 heavy (non-hydrogen) atoms. The first kappa shape index (κ1) is 47.4. The normalized spacial score (nSPS) is 14.9. The second-order valence-corrected chi connectivity index (χ2v) is 15.9. The number of carbonyl (C=O) groups is 1. The number of ether oxygens (including phenoxy) is 1. The van der Waals surface area contributed by atoms with E-state index in [0.29, 0.717) is 17.8 Å². The standard InChI is InChI=1S/C45H90O3/c1-7-13-17-19-21-23-24-25-27-29-31-35-43(39-41(11-5)33-15-9-3)45(44(47)48-38-37-46,40-42(12-6)34-16-10-4)36-32-30-28-26-22-20-18-14-8-2/h41-43,46H,7-40H2,1-6H3. The summed E-state index contributed by atoms with van der Waals surface area (Å²) in [5, 5.41) is 9.73. The molecule has 0 aliphatic rings. The Balaban J connectivity index is 5.94. The van der Waals surface area contributed by atoms with Gasteiger partial charge in [-0.15, -0.1) is 0 Å². The Hall–Kier alpha value is -0.570. The summed E-state index contributed by atoms with van der Waals surface area (Å²) in [5.74, 6) is 1.67. The van der Waals surface area contributed by atoms with E-state index in [1.165, 1.54) is 173 Å². The predicted octanol–water partition coefficient (Wildman–Crippen LogP) is 15.0. The molecule has 0 amide bonds. The Morgan fingerprint density at radius 3 is 1.38 bits per heavy atom. The minimum atomic E-state index is -0.414. The van der Waals surface area contributed by atoms with Crippen LogP contribution in [0.2, 0.25) is 0 Å². The molecule has 0 saturated heterocycles. The summed E-state index contributed by atoms with van der Waals surface area (Å²) >= 11 is 0. The Morgan fingerprint density at radius 1 is 0.521 bits per heavy atom. The van der Waals surface area contributed by atoms with Crippen molar-refractivity contribution in [1.29, 1.82) is 0 Å². The fraction of sp³-hybridized carbons (Fsp3) is 0.978. The van der Waals surface area contributed by atoms with E-state index in [0.717, 1.165) is 32.1 Å². The smallest absolute Gasteiger partial charge is 0.312 e. The lowest BCUT2D eigenvalue weighted by Gasteiger charge is -2.43. The maximum absolute atomic E-state index is 14.5. The van der Waals surface area contributed by atoms with Crippen LogP contribution in [0.1, 0.15) is 247 Å². The largest absolute Gasteiger partial charge is 0.463 e. The number of rotatable bonds is 38. The lowest BCUT2D eigenvalue weighted by molar-refractivity contribution is -0.164. The molecule has 0 aliphatic heterocycles. The molecule has 0 heterocycles. The summed E-state index contributed by atoms with van der Waals surface area (Å²) in [6.45, 7) is 14.0. The zero-order chi connectivity index (χ0) is 35.6. The quantitative estimate of drug-likeness (QED) is 0.0522. The van der Waals surface area contributed by atoms with Crippen LogP contribution in [0, 0.1) is 23.2 Å². The number of esters is 1. The van der Waals surface area contributed by atoms with Gasteiger partial charge in [-0.25, -0.2) is 0 Å². The van der Waals surface area contributed by atoms with E-state index in [1.54, 1.807) is 0 Å². The van der Waals surface area contributed by atoms with Crippen molar-refractivity contribution in [3.63, 3.8) is 0 Å². The summed E-state index contributed by atoms with van der Waals surface area (Å²) in [4.78, 5) is 14.5. The molecule has 0 saturated carbocycles. The van der Waals surface area contributed by atoms with Crippen LogP contribution in [-0.4, -0.2) is 24.3 Å². The molecule has 4 atom stereocenters. The molecule has 0 fully saturated rings. The van der Waals surface area contributed by atoms with Crippen molar-refractivity contribution in [1.82, 2.24) is 0 Å². The lowest BCUT2D eigenvalue weighted by Crippen LogP contribution is -2.43. The van der Waals surface area contributed by atoms with Gasteiger partial charge in [0.25, 0.3) is 0 Å². The van der Waals surface area contributed by atoms with Crippen molar-refractivity contribution in [2.24, 2.45) is 23.2 Å². The molecule has 0 aromatic heterocycles. The van der Waals surface area contributed by atoms with Gasteiger partial charge < -0.3 is 9.84 Å². The maximum atomic E-state index is 14.5. The van der Waals surface area contributed by atoms with E-state index in [2.05, 4.69) is 41.5 Å². The highest BCUT2D eigenvalue weighted by Crippen LogP contribution is 2.48. The summed E-state index contributed by atoms with van der Waals surface area (Å²) in [5.41, 5.74) is -0.414. The third kappa shape index (κ3) is 23.8. The molecule has 3 heteroatoms. The fourth-order valence-electron chi connectivity index (χ4n) is 8.38. The first-order chi connectivity index (χ1) is 23.5. The molecule has 0 radical (unpaired) electrons. The SMILES string of the molecule is CCCCCCCCCCCCCC(CC(CC)CCCC)C(CCCCCCCCCCC)(CC(CC)CCCC)C(=O)OCCO. The zero-order valence-electron chi connectivity index (χ0n) is 34.0. The number of aliphatic hydroxyl groups excluding tert-OH is 1. The average Bonchev–Trinajstić information content (AvgIpc) is 3.10. The van der Waals surface area contributed by atoms with Gasteiger partial charge in [-0.05, 0) is 43.4 Å². The van der Waals surface area contributed by atoms with Crippen LogP contribution in [-0.2, 0) is 9.53 Å². The Kier molecular flexibility index (Phi) is 34.4. The Morgan fingerprint density at radius 2 is 0.938 bits per heavy atom. The minimum absolute atomic E-state index is 0.0319. The second-order valence-electron chi connectivity index (χ2n) is 15.9. The van der Waals surface area contributed by atoms with E-state index in [4.69, 9.17) is 4.74 Å². The number of unbranched alkanes of at least 4 members (excludes halogenated alkanes) is 20. The van der Waals surface area contributed by atoms with E-state index in [9.17, 15) is 9.90 Å². The van der Waals surface area contributed by atoms with Crippen LogP contribution < -0.4 is 0 Å².